The predicted molar refractivity (Wildman–Crippen MR) is 97.8 cm³/mol. The van der Waals surface area contributed by atoms with E-state index in [1.165, 1.54) is 28.7 Å². The third-order valence-electron chi connectivity index (χ3n) is 3.55. The molecule has 0 spiro atoms. The average molecular weight is 374 g/mol. The molecule has 0 aliphatic carbocycles. The van der Waals surface area contributed by atoms with Crippen LogP contribution < -0.4 is 0 Å². The van der Waals surface area contributed by atoms with Gasteiger partial charge in [-0.1, -0.05) is 6.07 Å². The van der Waals surface area contributed by atoms with Gasteiger partial charge in [-0.25, -0.2) is 4.98 Å². The number of benzene rings is 1. The van der Waals surface area contributed by atoms with Crippen molar-refractivity contribution in [3.63, 3.8) is 0 Å². The van der Waals surface area contributed by atoms with Crippen LogP contribution >= 0.6 is 23.1 Å². The molecule has 25 heavy (non-hydrogen) atoms. The van der Waals surface area contributed by atoms with Gasteiger partial charge in [0.15, 0.2) is 18.3 Å². The van der Waals surface area contributed by atoms with E-state index in [0.29, 0.717) is 5.01 Å². The average Bonchev–Trinajstić information content (AvgIpc) is 3.00. The number of ketones is 1. The van der Waals surface area contributed by atoms with Gasteiger partial charge in [-0.3, -0.25) is 9.59 Å². The van der Waals surface area contributed by atoms with Crippen molar-refractivity contribution in [1.29, 1.82) is 5.26 Å². The highest BCUT2D eigenvalue weighted by atomic mass is 32.2. The molecular formula is C18H18N2O3S2. The second-order valence-corrected chi connectivity index (χ2v) is 7.49. The number of thioether (sulfide) groups is 1. The number of nitriles is 1. The molecule has 0 radical (unpaired) electrons. The van der Waals surface area contributed by atoms with E-state index in [1.807, 2.05) is 38.1 Å². The summed E-state index contributed by atoms with van der Waals surface area (Å²) in [7, 11) is 0. The Labute approximate surface area is 155 Å². The number of aromatic nitrogens is 1. The van der Waals surface area contributed by atoms with Crippen LogP contribution in [0.2, 0.25) is 0 Å². The van der Waals surface area contributed by atoms with Gasteiger partial charge in [0.05, 0.1) is 11.8 Å². The molecule has 0 fully saturated rings. The van der Waals surface area contributed by atoms with Crippen LogP contribution in [0.25, 0.3) is 0 Å². The molecule has 0 bridgehead atoms. The van der Waals surface area contributed by atoms with Gasteiger partial charge in [-0.2, -0.15) is 5.26 Å². The zero-order valence-corrected chi connectivity index (χ0v) is 15.9. The first-order chi connectivity index (χ1) is 11.9. The summed E-state index contributed by atoms with van der Waals surface area (Å²) in [4.78, 5) is 29.1. The van der Waals surface area contributed by atoms with E-state index in [4.69, 9.17) is 4.74 Å². The van der Waals surface area contributed by atoms with E-state index < -0.39 is 24.3 Å². The van der Waals surface area contributed by atoms with Crippen LogP contribution in [0, 0.1) is 32.1 Å². The summed E-state index contributed by atoms with van der Waals surface area (Å²) in [6.07, 6.45) is 0. The summed E-state index contributed by atoms with van der Waals surface area (Å²) in [5, 5.41) is 11.4. The van der Waals surface area contributed by atoms with Gasteiger partial charge in [-0.05, 0) is 44.0 Å². The molecule has 0 aliphatic heterocycles. The van der Waals surface area contributed by atoms with E-state index in [2.05, 4.69) is 4.98 Å². The number of rotatable bonds is 7. The fourth-order valence-corrected chi connectivity index (χ4v) is 3.65. The molecule has 0 saturated carbocycles. The topological polar surface area (TPSA) is 80.0 Å². The number of thiazole rings is 1. The maximum Gasteiger partial charge on any atom is 0.316 e. The Morgan fingerprint density at radius 2 is 2.08 bits per heavy atom. The lowest BCUT2D eigenvalue weighted by molar-refractivity contribution is -0.145. The molecule has 1 aromatic carbocycles. The largest absolute Gasteiger partial charge is 0.457 e. The minimum Gasteiger partial charge on any atom is -0.457 e. The van der Waals surface area contributed by atoms with Crippen LogP contribution in [-0.4, -0.2) is 29.1 Å². The molecule has 2 rings (SSSR count). The van der Waals surface area contributed by atoms with Gasteiger partial charge in [-0.15, -0.1) is 23.1 Å². The molecule has 7 heteroatoms. The first kappa shape index (κ1) is 19.2. The Bertz CT molecular complexity index is 824. The SMILES string of the molecule is Cc1csc([C@H](C#N)C(=O)COC(=O)CSc2ccc(C)c(C)c2)n1. The highest BCUT2D eigenvalue weighted by Gasteiger charge is 2.24. The van der Waals surface area contributed by atoms with Gasteiger partial charge in [0, 0.05) is 16.0 Å². The number of carbonyl (C=O) groups is 2. The molecule has 1 heterocycles. The molecule has 0 unspecified atom stereocenters. The van der Waals surface area contributed by atoms with Gasteiger partial charge < -0.3 is 4.74 Å². The summed E-state index contributed by atoms with van der Waals surface area (Å²) in [5.74, 6) is -1.81. The van der Waals surface area contributed by atoms with E-state index >= 15 is 0 Å². The summed E-state index contributed by atoms with van der Waals surface area (Å²) >= 11 is 2.61. The lowest BCUT2D eigenvalue weighted by atomic mass is 10.1. The monoisotopic (exact) mass is 374 g/mol. The van der Waals surface area contributed by atoms with E-state index in [0.717, 1.165) is 16.2 Å². The molecule has 130 valence electrons. The Balaban J connectivity index is 1.83. The molecule has 1 aromatic heterocycles. The number of hydrogen-bond donors (Lipinski definition) is 0. The van der Waals surface area contributed by atoms with Crippen LogP contribution in [0.15, 0.2) is 28.5 Å². The van der Waals surface area contributed by atoms with Crippen LogP contribution in [0.3, 0.4) is 0 Å². The Kier molecular flexibility index (Phi) is 6.73. The lowest BCUT2D eigenvalue weighted by Gasteiger charge is -2.07. The van der Waals surface area contributed by atoms with Crippen molar-refractivity contribution in [2.24, 2.45) is 0 Å². The van der Waals surface area contributed by atoms with Crippen molar-refractivity contribution in [3.8, 4) is 6.07 Å². The molecule has 1 atom stereocenters. The summed E-state index contributed by atoms with van der Waals surface area (Å²) in [6, 6.07) is 7.88. The second kappa shape index (κ2) is 8.79. The Hall–Kier alpha value is -2.17. The van der Waals surface area contributed by atoms with Crippen molar-refractivity contribution in [2.75, 3.05) is 12.4 Å². The standard InChI is InChI=1S/C18H18N2O3S2/c1-11-4-5-14(6-12(11)2)24-10-17(22)23-8-16(21)15(7-19)18-20-13(3)9-25-18/h4-6,9,15H,8,10H2,1-3H3/t15-/m1/s1. The van der Waals surface area contributed by atoms with Gasteiger partial charge in [0.1, 0.15) is 5.01 Å². The third-order valence-corrected chi connectivity index (χ3v) is 5.54. The maximum atomic E-state index is 12.1. The van der Waals surface area contributed by atoms with Crippen molar-refractivity contribution < 1.29 is 14.3 Å². The summed E-state index contributed by atoms with van der Waals surface area (Å²) in [6.45, 7) is 5.42. The molecule has 0 saturated heterocycles. The van der Waals surface area contributed by atoms with Crippen LogP contribution in [-0.2, 0) is 14.3 Å². The van der Waals surface area contributed by atoms with Crippen molar-refractivity contribution in [2.45, 2.75) is 31.6 Å². The zero-order chi connectivity index (χ0) is 18.4. The van der Waals surface area contributed by atoms with Crippen molar-refractivity contribution in [3.05, 3.63) is 45.4 Å². The zero-order valence-electron chi connectivity index (χ0n) is 14.2. The summed E-state index contributed by atoms with van der Waals surface area (Å²) < 4.78 is 5.01. The predicted octanol–water partition coefficient (Wildman–Crippen LogP) is 3.58. The van der Waals surface area contributed by atoms with Crippen molar-refractivity contribution in [1.82, 2.24) is 4.98 Å². The van der Waals surface area contributed by atoms with Crippen molar-refractivity contribution >= 4 is 34.9 Å². The number of nitrogens with zero attached hydrogens (tertiary/aromatic N) is 2. The number of esters is 1. The molecule has 0 aliphatic rings. The van der Waals surface area contributed by atoms with E-state index in [9.17, 15) is 14.9 Å². The smallest absolute Gasteiger partial charge is 0.316 e. The lowest BCUT2D eigenvalue weighted by Crippen LogP contribution is -2.20. The summed E-state index contributed by atoms with van der Waals surface area (Å²) in [5.41, 5.74) is 3.11. The Morgan fingerprint density at radius 3 is 2.68 bits per heavy atom. The Morgan fingerprint density at radius 1 is 1.32 bits per heavy atom. The fourth-order valence-electron chi connectivity index (χ4n) is 1.99. The molecular weight excluding hydrogens is 356 g/mol. The van der Waals surface area contributed by atoms with Gasteiger partial charge in [0.2, 0.25) is 0 Å². The molecule has 2 aromatic rings. The second-order valence-electron chi connectivity index (χ2n) is 5.55. The minimum absolute atomic E-state index is 0.114. The number of ether oxygens (including phenoxy) is 1. The van der Waals surface area contributed by atoms with E-state index in [1.54, 1.807) is 12.3 Å². The molecule has 0 N–H and O–H groups in total. The van der Waals surface area contributed by atoms with Crippen LogP contribution in [0.5, 0.6) is 0 Å². The highest BCUT2D eigenvalue weighted by molar-refractivity contribution is 8.00. The van der Waals surface area contributed by atoms with E-state index in [-0.39, 0.29) is 5.75 Å². The van der Waals surface area contributed by atoms with Gasteiger partial charge >= 0.3 is 5.97 Å². The van der Waals surface area contributed by atoms with Crippen LogP contribution in [0.4, 0.5) is 0 Å². The molecule has 0 amide bonds. The first-order valence-corrected chi connectivity index (χ1v) is 9.47. The quantitative estimate of drug-likeness (QED) is 0.544. The number of Topliss-reactive ketones (excluding diaryl/α,β-unsaturated/α-hetero) is 1. The minimum atomic E-state index is -0.987. The normalized spacial score (nSPS) is 11.6. The van der Waals surface area contributed by atoms with Crippen LogP contribution in [0.1, 0.15) is 27.7 Å². The number of aryl methyl sites for hydroxylation is 3. The highest BCUT2D eigenvalue weighted by Crippen LogP contribution is 2.22. The third kappa shape index (κ3) is 5.41. The first-order valence-electron chi connectivity index (χ1n) is 7.60. The van der Waals surface area contributed by atoms with Gasteiger partial charge in [0.25, 0.3) is 0 Å². The number of carbonyl (C=O) groups excluding carboxylic acids is 2. The number of hydrogen-bond acceptors (Lipinski definition) is 7. The maximum absolute atomic E-state index is 12.1. The fraction of sp³-hybridized carbons (Fsp3) is 0.333. The molecule has 5 nitrogen and oxygen atoms in total.